The van der Waals surface area contributed by atoms with Crippen molar-refractivity contribution in [2.75, 3.05) is 0 Å². The number of carbonyl (C=O) groups excluding carboxylic acids is 1. The minimum atomic E-state index is -5.13. The fourth-order valence-corrected chi connectivity index (χ4v) is 5.23. The molecular formula is C31H24F9N3O2. The quantitative estimate of drug-likeness (QED) is 0.197. The first-order valence-corrected chi connectivity index (χ1v) is 13.6. The van der Waals surface area contributed by atoms with Gasteiger partial charge in [0.1, 0.15) is 6.10 Å². The number of carbonyl (C=O) groups is 1. The number of para-hydroxylation sites is 1. The highest BCUT2D eigenvalue weighted by Gasteiger charge is 2.44. The maximum Gasteiger partial charge on any atom is 0.416 e. The van der Waals surface area contributed by atoms with Crippen molar-refractivity contribution in [3.8, 4) is 16.9 Å². The molecule has 1 aromatic heterocycles. The van der Waals surface area contributed by atoms with E-state index in [2.05, 4.69) is 5.10 Å². The van der Waals surface area contributed by atoms with Crippen LogP contribution in [0.1, 0.15) is 53.3 Å². The van der Waals surface area contributed by atoms with Crippen LogP contribution >= 0.6 is 0 Å². The molecule has 2 heterocycles. The molecule has 0 bridgehead atoms. The van der Waals surface area contributed by atoms with Crippen LogP contribution in [0.15, 0.2) is 72.9 Å². The summed E-state index contributed by atoms with van der Waals surface area (Å²) in [6.45, 7) is 2.66. The molecule has 0 radical (unpaired) electrons. The molecule has 5 rings (SSSR count). The van der Waals surface area contributed by atoms with E-state index in [1.165, 1.54) is 13.0 Å². The van der Waals surface area contributed by atoms with E-state index in [1.807, 2.05) is 6.92 Å². The fourth-order valence-electron chi connectivity index (χ4n) is 5.23. The summed E-state index contributed by atoms with van der Waals surface area (Å²) in [5.41, 5.74) is -2.78. The Kier molecular flexibility index (Phi) is 8.13. The molecule has 1 saturated heterocycles. The number of hydrogen-bond donors (Lipinski definition) is 0. The maximum absolute atomic E-state index is 13.8. The maximum atomic E-state index is 13.8. The summed E-state index contributed by atoms with van der Waals surface area (Å²) in [5.74, 6) is 0. The van der Waals surface area contributed by atoms with E-state index in [0.29, 0.717) is 35.5 Å². The summed E-state index contributed by atoms with van der Waals surface area (Å²) >= 11 is 0. The molecule has 3 aromatic carbocycles. The topological polar surface area (TPSA) is 47.4 Å². The van der Waals surface area contributed by atoms with E-state index in [9.17, 15) is 44.3 Å². The van der Waals surface area contributed by atoms with Crippen LogP contribution in [0.25, 0.3) is 16.9 Å². The van der Waals surface area contributed by atoms with Crippen LogP contribution in [0.3, 0.4) is 0 Å². The van der Waals surface area contributed by atoms with E-state index < -0.39 is 65.6 Å². The van der Waals surface area contributed by atoms with Crippen LogP contribution in [0.5, 0.6) is 0 Å². The van der Waals surface area contributed by atoms with Gasteiger partial charge in [0.25, 0.3) is 0 Å². The van der Waals surface area contributed by atoms with Gasteiger partial charge in [0.2, 0.25) is 0 Å². The van der Waals surface area contributed by atoms with E-state index >= 15 is 0 Å². The predicted octanol–water partition coefficient (Wildman–Crippen LogP) is 9.24. The Labute approximate surface area is 250 Å². The SMILES string of the molecule is CCc1cn(-c2ccccc2)nc1-c1ccc(C(F)(F)F)cc1CN1C(=O)O[C@H](c2cc(C(F)(F)F)cc(C(F)(F)F)c2)[C@@H]1C. The predicted molar refractivity (Wildman–Crippen MR) is 144 cm³/mol. The van der Waals surface area contributed by atoms with Gasteiger partial charge in [-0.3, -0.25) is 4.90 Å². The number of nitrogens with zero attached hydrogens (tertiary/aromatic N) is 3. The number of aryl methyl sites for hydroxylation is 1. The van der Waals surface area contributed by atoms with Gasteiger partial charge in [-0.2, -0.15) is 44.6 Å². The molecule has 4 aromatic rings. The first kappa shape index (κ1) is 31.9. The normalized spacial score (nSPS) is 17.6. The number of alkyl halides is 9. The van der Waals surface area contributed by atoms with Crippen molar-refractivity contribution < 1.29 is 49.0 Å². The largest absolute Gasteiger partial charge is 0.439 e. The second-order valence-corrected chi connectivity index (χ2v) is 10.5. The average Bonchev–Trinajstić information content (AvgIpc) is 3.53. The lowest BCUT2D eigenvalue weighted by atomic mass is 9.95. The molecule has 0 N–H and O–H groups in total. The number of amides is 1. The zero-order valence-corrected chi connectivity index (χ0v) is 23.6. The summed E-state index contributed by atoms with van der Waals surface area (Å²) in [7, 11) is 0. The van der Waals surface area contributed by atoms with E-state index in [0.717, 1.165) is 17.0 Å². The number of aromatic nitrogens is 2. The van der Waals surface area contributed by atoms with Gasteiger partial charge in [0.05, 0.1) is 40.7 Å². The standard InChI is InChI=1S/C31H24F9N3O2/c1-3-18-16-43(24-7-5-4-6-8-24)41-26(18)25-10-9-21(29(32,33)34)13-20(25)15-42-17(2)27(45-28(42)44)19-11-22(30(35,36)37)14-23(12-19)31(38,39)40/h4-14,16-17,27H,3,15H2,1-2H3/t17-,27-/m0/s1. The molecule has 0 saturated carbocycles. The van der Waals surface area contributed by atoms with Gasteiger partial charge in [-0.1, -0.05) is 31.2 Å². The Hall–Kier alpha value is -4.49. The smallest absolute Gasteiger partial charge is 0.416 e. The minimum absolute atomic E-state index is 0.00214. The second kappa shape index (κ2) is 11.5. The van der Waals surface area contributed by atoms with Crippen LogP contribution in [0.2, 0.25) is 0 Å². The molecule has 0 aliphatic carbocycles. The molecule has 1 fully saturated rings. The van der Waals surface area contributed by atoms with E-state index in [-0.39, 0.29) is 17.2 Å². The summed E-state index contributed by atoms with van der Waals surface area (Å²) in [6, 6.07) is 11.6. The van der Waals surface area contributed by atoms with Gasteiger partial charge >= 0.3 is 24.6 Å². The Bertz CT molecular complexity index is 1680. The second-order valence-electron chi connectivity index (χ2n) is 10.5. The first-order valence-electron chi connectivity index (χ1n) is 13.6. The molecule has 1 aliphatic heterocycles. The highest BCUT2D eigenvalue weighted by atomic mass is 19.4. The number of hydrogen-bond acceptors (Lipinski definition) is 3. The Morgan fingerprint density at radius 1 is 0.778 bits per heavy atom. The van der Waals surface area contributed by atoms with Crippen LogP contribution in [-0.2, 0) is 36.2 Å². The van der Waals surface area contributed by atoms with Crippen molar-refractivity contribution in [3.05, 3.63) is 106 Å². The van der Waals surface area contributed by atoms with Crippen molar-refractivity contribution in [2.45, 2.75) is 57.5 Å². The fraction of sp³-hybridized carbons (Fsp3) is 0.290. The number of rotatable bonds is 6. The summed E-state index contributed by atoms with van der Waals surface area (Å²) in [6.07, 6.45) is -15.5. The summed E-state index contributed by atoms with van der Waals surface area (Å²) in [5, 5.41) is 4.60. The van der Waals surface area contributed by atoms with Crippen molar-refractivity contribution in [1.29, 1.82) is 0 Å². The lowest BCUT2D eigenvalue weighted by Crippen LogP contribution is -2.32. The molecule has 1 amide bonds. The van der Waals surface area contributed by atoms with Gasteiger partial charge in [0.15, 0.2) is 0 Å². The highest BCUT2D eigenvalue weighted by Crippen LogP contribution is 2.42. The van der Waals surface area contributed by atoms with Crippen LogP contribution in [0.4, 0.5) is 44.3 Å². The third-order valence-electron chi connectivity index (χ3n) is 7.55. The Morgan fingerprint density at radius 2 is 1.38 bits per heavy atom. The monoisotopic (exact) mass is 641 g/mol. The van der Waals surface area contributed by atoms with Gasteiger partial charge in [-0.05, 0) is 72.5 Å². The lowest BCUT2D eigenvalue weighted by Gasteiger charge is -2.24. The van der Waals surface area contributed by atoms with Crippen molar-refractivity contribution in [2.24, 2.45) is 0 Å². The van der Waals surface area contributed by atoms with Crippen LogP contribution in [0, 0.1) is 0 Å². The van der Waals surface area contributed by atoms with Crippen molar-refractivity contribution in [1.82, 2.24) is 14.7 Å². The van der Waals surface area contributed by atoms with E-state index in [1.54, 1.807) is 41.2 Å². The first-order chi connectivity index (χ1) is 21.0. The molecule has 0 unspecified atom stereocenters. The molecule has 5 nitrogen and oxygen atoms in total. The minimum Gasteiger partial charge on any atom is -0.439 e. The highest BCUT2D eigenvalue weighted by molar-refractivity contribution is 5.73. The molecule has 14 heteroatoms. The van der Waals surface area contributed by atoms with Gasteiger partial charge in [-0.15, -0.1) is 0 Å². The molecule has 0 spiro atoms. The van der Waals surface area contributed by atoms with Crippen molar-refractivity contribution in [3.63, 3.8) is 0 Å². The number of halogens is 9. The molecule has 1 aliphatic rings. The Balaban J connectivity index is 1.56. The number of cyclic esters (lactones) is 1. The summed E-state index contributed by atoms with van der Waals surface area (Å²) < 4.78 is 129. The Morgan fingerprint density at radius 3 is 1.93 bits per heavy atom. The van der Waals surface area contributed by atoms with Gasteiger partial charge < -0.3 is 4.74 Å². The molecule has 2 atom stereocenters. The lowest BCUT2D eigenvalue weighted by molar-refractivity contribution is -0.143. The zero-order chi connectivity index (χ0) is 32.9. The summed E-state index contributed by atoms with van der Waals surface area (Å²) in [4.78, 5) is 14.0. The van der Waals surface area contributed by atoms with Gasteiger partial charge in [0, 0.05) is 11.8 Å². The number of ether oxygens (including phenoxy) is 1. The van der Waals surface area contributed by atoms with Gasteiger partial charge in [-0.25, -0.2) is 9.48 Å². The molecule has 238 valence electrons. The van der Waals surface area contributed by atoms with Crippen LogP contribution in [-0.4, -0.2) is 26.8 Å². The third kappa shape index (κ3) is 6.50. The average molecular weight is 642 g/mol. The third-order valence-corrected chi connectivity index (χ3v) is 7.55. The molecular weight excluding hydrogens is 617 g/mol. The molecule has 45 heavy (non-hydrogen) atoms. The van der Waals surface area contributed by atoms with Crippen LogP contribution < -0.4 is 0 Å². The van der Waals surface area contributed by atoms with E-state index in [4.69, 9.17) is 4.74 Å². The zero-order valence-electron chi connectivity index (χ0n) is 23.6. The number of benzene rings is 3. The van der Waals surface area contributed by atoms with Crippen molar-refractivity contribution >= 4 is 6.09 Å².